The molecule has 3 rings (SSSR count). The Kier molecular flexibility index (Phi) is 3.96. The molecule has 21 heavy (non-hydrogen) atoms. The van der Waals surface area contributed by atoms with Gasteiger partial charge in [-0.25, -0.2) is 10.8 Å². The van der Waals surface area contributed by atoms with Crippen LogP contribution in [-0.4, -0.2) is 37.6 Å². The van der Waals surface area contributed by atoms with Crippen LogP contribution >= 0.6 is 0 Å². The Labute approximate surface area is 123 Å². The third-order valence-corrected chi connectivity index (χ3v) is 3.91. The third kappa shape index (κ3) is 2.94. The molecule has 3 N–H and O–H groups in total. The van der Waals surface area contributed by atoms with E-state index in [0.29, 0.717) is 23.9 Å². The Bertz CT molecular complexity index is 576. The average Bonchev–Trinajstić information content (AvgIpc) is 3.09. The van der Waals surface area contributed by atoms with Gasteiger partial charge in [-0.15, -0.1) is 0 Å². The quantitative estimate of drug-likeness (QED) is 0.642. The first kappa shape index (κ1) is 13.7. The molecule has 0 aromatic carbocycles. The zero-order valence-corrected chi connectivity index (χ0v) is 12.1. The molecular weight excluding hydrogens is 268 g/mol. The standard InChI is InChI=1S/C13H20N8/c1-20(10-5-3-2-4-6-10)12-16-11(19-14)17-13(18-12)21-8-7-15-9-21/h7-10H,2-6,14H2,1H3,(H,16,17,18,19). The van der Waals surface area contributed by atoms with Crippen molar-refractivity contribution >= 4 is 11.9 Å². The normalized spacial score (nSPS) is 15.9. The number of nitrogen functional groups attached to an aromatic ring is 1. The predicted octanol–water partition coefficient (Wildman–Crippen LogP) is 1.11. The summed E-state index contributed by atoms with van der Waals surface area (Å²) >= 11 is 0. The highest BCUT2D eigenvalue weighted by atomic mass is 15.4. The van der Waals surface area contributed by atoms with Gasteiger partial charge in [-0.2, -0.15) is 15.0 Å². The Hall–Kier alpha value is -2.22. The molecule has 2 aromatic rings. The maximum absolute atomic E-state index is 5.47. The van der Waals surface area contributed by atoms with Gasteiger partial charge < -0.3 is 4.90 Å². The first-order valence-corrected chi connectivity index (χ1v) is 7.22. The van der Waals surface area contributed by atoms with Crippen molar-refractivity contribution in [2.24, 2.45) is 5.84 Å². The molecule has 0 unspecified atom stereocenters. The molecule has 0 saturated heterocycles. The highest BCUT2D eigenvalue weighted by molar-refractivity contribution is 5.39. The van der Waals surface area contributed by atoms with Crippen LogP contribution in [0.25, 0.3) is 5.95 Å². The second kappa shape index (κ2) is 6.04. The lowest BCUT2D eigenvalue weighted by molar-refractivity contribution is 0.424. The van der Waals surface area contributed by atoms with Crippen molar-refractivity contribution in [3.05, 3.63) is 18.7 Å². The van der Waals surface area contributed by atoms with Gasteiger partial charge in [0.25, 0.3) is 0 Å². The van der Waals surface area contributed by atoms with Gasteiger partial charge in [0, 0.05) is 25.5 Å². The Morgan fingerprint density at radius 2 is 2.05 bits per heavy atom. The molecule has 0 bridgehead atoms. The highest BCUT2D eigenvalue weighted by Crippen LogP contribution is 2.24. The molecule has 0 atom stereocenters. The summed E-state index contributed by atoms with van der Waals surface area (Å²) in [5.74, 6) is 6.97. The summed E-state index contributed by atoms with van der Waals surface area (Å²) in [5.41, 5.74) is 2.50. The van der Waals surface area contributed by atoms with Crippen molar-refractivity contribution in [1.29, 1.82) is 0 Å². The zero-order chi connectivity index (χ0) is 14.7. The van der Waals surface area contributed by atoms with Gasteiger partial charge in [0.15, 0.2) is 0 Å². The van der Waals surface area contributed by atoms with E-state index in [1.54, 1.807) is 23.3 Å². The number of anilines is 2. The fourth-order valence-electron chi connectivity index (χ4n) is 2.70. The zero-order valence-electron chi connectivity index (χ0n) is 12.1. The van der Waals surface area contributed by atoms with Crippen LogP contribution in [0.2, 0.25) is 0 Å². The minimum atomic E-state index is 0.353. The van der Waals surface area contributed by atoms with Crippen LogP contribution in [0.3, 0.4) is 0 Å². The highest BCUT2D eigenvalue weighted by Gasteiger charge is 2.21. The van der Waals surface area contributed by atoms with E-state index in [1.165, 1.54) is 32.1 Å². The lowest BCUT2D eigenvalue weighted by Crippen LogP contribution is -2.35. The third-order valence-electron chi connectivity index (χ3n) is 3.91. The van der Waals surface area contributed by atoms with Crippen molar-refractivity contribution in [3.63, 3.8) is 0 Å². The molecule has 8 heteroatoms. The van der Waals surface area contributed by atoms with E-state index >= 15 is 0 Å². The van der Waals surface area contributed by atoms with E-state index in [-0.39, 0.29) is 0 Å². The Balaban J connectivity index is 1.91. The van der Waals surface area contributed by atoms with E-state index in [2.05, 4.69) is 30.3 Å². The summed E-state index contributed by atoms with van der Waals surface area (Å²) in [6, 6.07) is 0.474. The summed E-state index contributed by atoms with van der Waals surface area (Å²) in [6.45, 7) is 0. The number of hydrogen-bond acceptors (Lipinski definition) is 7. The largest absolute Gasteiger partial charge is 0.341 e. The van der Waals surface area contributed by atoms with Gasteiger partial charge in [-0.05, 0) is 12.8 Å². The van der Waals surface area contributed by atoms with E-state index in [9.17, 15) is 0 Å². The summed E-state index contributed by atoms with van der Waals surface area (Å²) in [6.07, 6.45) is 11.3. The predicted molar refractivity (Wildman–Crippen MR) is 80.0 cm³/mol. The molecule has 0 radical (unpaired) electrons. The second-order valence-corrected chi connectivity index (χ2v) is 5.28. The molecule has 0 aliphatic heterocycles. The maximum Gasteiger partial charge on any atom is 0.243 e. The molecule has 1 aliphatic rings. The second-order valence-electron chi connectivity index (χ2n) is 5.28. The molecule has 1 saturated carbocycles. The summed E-state index contributed by atoms with van der Waals surface area (Å²) in [7, 11) is 2.03. The number of hydrogen-bond donors (Lipinski definition) is 2. The lowest BCUT2D eigenvalue weighted by Gasteiger charge is -2.31. The van der Waals surface area contributed by atoms with E-state index in [4.69, 9.17) is 5.84 Å². The van der Waals surface area contributed by atoms with Crippen LogP contribution in [0.15, 0.2) is 18.7 Å². The monoisotopic (exact) mass is 288 g/mol. The van der Waals surface area contributed by atoms with Crippen molar-refractivity contribution in [2.45, 2.75) is 38.1 Å². The van der Waals surface area contributed by atoms with Gasteiger partial charge in [-0.1, -0.05) is 19.3 Å². The topological polar surface area (TPSA) is 97.8 Å². The van der Waals surface area contributed by atoms with Crippen LogP contribution in [0, 0.1) is 0 Å². The van der Waals surface area contributed by atoms with Gasteiger partial charge >= 0.3 is 0 Å². The van der Waals surface area contributed by atoms with Crippen LogP contribution in [-0.2, 0) is 0 Å². The summed E-state index contributed by atoms with van der Waals surface area (Å²) in [4.78, 5) is 19.3. The van der Waals surface area contributed by atoms with Crippen LogP contribution in [0.4, 0.5) is 11.9 Å². The first-order chi connectivity index (χ1) is 10.3. The molecule has 0 spiro atoms. The minimum Gasteiger partial charge on any atom is -0.341 e. The number of rotatable bonds is 4. The van der Waals surface area contributed by atoms with Gasteiger partial charge in [-0.3, -0.25) is 9.99 Å². The molecule has 8 nitrogen and oxygen atoms in total. The number of nitrogens with one attached hydrogen (secondary N) is 1. The average molecular weight is 288 g/mol. The van der Waals surface area contributed by atoms with E-state index in [0.717, 1.165) is 0 Å². The smallest absolute Gasteiger partial charge is 0.243 e. The van der Waals surface area contributed by atoms with Gasteiger partial charge in [0.05, 0.1) is 0 Å². The Morgan fingerprint density at radius 3 is 2.71 bits per heavy atom. The lowest BCUT2D eigenvalue weighted by atomic mass is 9.95. The van der Waals surface area contributed by atoms with Crippen molar-refractivity contribution in [1.82, 2.24) is 24.5 Å². The Morgan fingerprint density at radius 1 is 1.24 bits per heavy atom. The molecular formula is C13H20N8. The molecule has 2 aromatic heterocycles. The SMILES string of the molecule is CN(c1nc(NN)nc(-n2ccnc2)n1)C1CCCCC1. The number of hydrazine groups is 1. The van der Waals surface area contributed by atoms with Crippen molar-refractivity contribution < 1.29 is 0 Å². The van der Waals surface area contributed by atoms with Gasteiger partial charge in [0.2, 0.25) is 17.8 Å². The molecule has 1 fully saturated rings. The van der Waals surface area contributed by atoms with Crippen LogP contribution in [0.1, 0.15) is 32.1 Å². The molecule has 112 valence electrons. The number of imidazole rings is 1. The molecule has 1 aliphatic carbocycles. The van der Waals surface area contributed by atoms with E-state index < -0.39 is 0 Å². The number of nitrogens with zero attached hydrogens (tertiary/aromatic N) is 6. The van der Waals surface area contributed by atoms with Gasteiger partial charge in [0.1, 0.15) is 6.33 Å². The fraction of sp³-hybridized carbons (Fsp3) is 0.538. The van der Waals surface area contributed by atoms with Crippen LogP contribution in [0.5, 0.6) is 0 Å². The maximum atomic E-state index is 5.47. The van der Waals surface area contributed by atoms with Crippen molar-refractivity contribution in [3.8, 4) is 5.95 Å². The number of nitrogens with two attached hydrogens (primary N) is 1. The fourth-order valence-corrected chi connectivity index (χ4v) is 2.70. The first-order valence-electron chi connectivity index (χ1n) is 7.22. The molecule has 2 heterocycles. The summed E-state index contributed by atoms with van der Waals surface area (Å²) < 4.78 is 1.74. The van der Waals surface area contributed by atoms with E-state index in [1.807, 2.05) is 7.05 Å². The number of aromatic nitrogens is 5. The summed E-state index contributed by atoms with van der Waals surface area (Å²) in [5, 5.41) is 0. The van der Waals surface area contributed by atoms with Crippen LogP contribution < -0.4 is 16.2 Å². The molecule has 0 amide bonds. The minimum absolute atomic E-state index is 0.353. The van der Waals surface area contributed by atoms with Crippen molar-refractivity contribution in [2.75, 3.05) is 17.4 Å².